The molecular formula is C25H22Cl2N4O. The van der Waals surface area contributed by atoms with Gasteiger partial charge in [-0.25, -0.2) is 0 Å². The van der Waals surface area contributed by atoms with Crippen molar-refractivity contribution in [2.75, 3.05) is 11.9 Å². The van der Waals surface area contributed by atoms with Gasteiger partial charge in [0.2, 0.25) is 5.96 Å². The molecule has 0 unspecified atom stereocenters. The topological polar surface area (TPSA) is 69.3 Å². The zero-order chi connectivity index (χ0) is 22.5. The van der Waals surface area contributed by atoms with Crippen LogP contribution in [-0.2, 0) is 6.42 Å². The SMILES string of the molecule is Cc1ccc(Cl)cc1NC(=NCCc1c[nH]c2ccccc12)NC(=O)c1cccc(Cl)c1. The van der Waals surface area contributed by atoms with Gasteiger partial charge in [-0.15, -0.1) is 0 Å². The van der Waals surface area contributed by atoms with Crippen LogP contribution in [0.15, 0.2) is 77.9 Å². The second-order valence-electron chi connectivity index (χ2n) is 7.39. The fourth-order valence-electron chi connectivity index (χ4n) is 3.40. The Morgan fingerprint density at radius 3 is 2.66 bits per heavy atom. The van der Waals surface area contributed by atoms with Gasteiger partial charge in [0.1, 0.15) is 0 Å². The Kier molecular flexibility index (Phi) is 6.78. The van der Waals surface area contributed by atoms with Gasteiger partial charge in [-0.05, 0) is 60.9 Å². The number of hydrogen-bond donors (Lipinski definition) is 3. The van der Waals surface area contributed by atoms with Crippen LogP contribution in [-0.4, -0.2) is 23.4 Å². The predicted molar refractivity (Wildman–Crippen MR) is 133 cm³/mol. The number of para-hydroxylation sites is 1. The summed E-state index contributed by atoms with van der Waals surface area (Å²) in [6.07, 6.45) is 2.72. The molecule has 0 bridgehead atoms. The maximum atomic E-state index is 12.8. The van der Waals surface area contributed by atoms with Gasteiger partial charge in [0.05, 0.1) is 0 Å². The summed E-state index contributed by atoms with van der Waals surface area (Å²) in [4.78, 5) is 20.7. The zero-order valence-corrected chi connectivity index (χ0v) is 19.0. The normalized spacial score (nSPS) is 11.5. The summed E-state index contributed by atoms with van der Waals surface area (Å²) in [6, 6.07) is 20.5. The molecule has 3 N–H and O–H groups in total. The van der Waals surface area contributed by atoms with Gasteiger partial charge < -0.3 is 10.3 Å². The summed E-state index contributed by atoms with van der Waals surface area (Å²) >= 11 is 12.2. The summed E-state index contributed by atoms with van der Waals surface area (Å²) in [5.41, 5.74) is 4.47. The van der Waals surface area contributed by atoms with E-state index < -0.39 is 0 Å². The molecule has 0 radical (unpaired) electrons. The molecule has 7 heteroatoms. The third-order valence-electron chi connectivity index (χ3n) is 5.10. The van der Waals surface area contributed by atoms with Gasteiger partial charge >= 0.3 is 0 Å². The number of rotatable bonds is 5. The van der Waals surface area contributed by atoms with Crippen LogP contribution < -0.4 is 10.6 Å². The third kappa shape index (κ3) is 5.31. The highest BCUT2D eigenvalue weighted by molar-refractivity contribution is 6.31. The van der Waals surface area contributed by atoms with Crippen LogP contribution in [0.25, 0.3) is 10.9 Å². The van der Waals surface area contributed by atoms with Crippen LogP contribution in [0.4, 0.5) is 5.69 Å². The molecule has 162 valence electrons. The van der Waals surface area contributed by atoms with Gasteiger partial charge in [0, 0.05) is 44.9 Å². The Morgan fingerprint density at radius 1 is 1.00 bits per heavy atom. The van der Waals surface area contributed by atoms with E-state index in [1.165, 1.54) is 10.9 Å². The van der Waals surface area contributed by atoms with Crippen molar-refractivity contribution in [2.45, 2.75) is 13.3 Å². The number of halogens is 2. The average Bonchev–Trinajstić information content (AvgIpc) is 3.19. The predicted octanol–water partition coefficient (Wildman–Crippen LogP) is 6.22. The Morgan fingerprint density at radius 2 is 1.81 bits per heavy atom. The molecule has 0 spiro atoms. The molecule has 0 aliphatic rings. The molecular weight excluding hydrogens is 443 g/mol. The molecule has 1 aromatic heterocycles. The molecule has 4 aromatic rings. The molecule has 1 amide bonds. The molecule has 0 atom stereocenters. The van der Waals surface area contributed by atoms with Crippen LogP contribution in [0.3, 0.4) is 0 Å². The Hall–Kier alpha value is -3.28. The standard InChI is InChI=1S/C25H22Cl2N4O/c1-16-9-10-20(27)14-23(16)30-25(31-24(32)17-5-4-6-19(26)13-17)28-12-11-18-15-29-22-8-3-2-7-21(18)22/h2-10,13-15,29H,11-12H2,1H3,(H2,28,30,31,32). The monoisotopic (exact) mass is 464 g/mol. The first-order chi connectivity index (χ1) is 15.5. The lowest BCUT2D eigenvalue weighted by molar-refractivity contribution is 0.0977. The van der Waals surface area contributed by atoms with Crippen LogP contribution >= 0.6 is 23.2 Å². The van der Waals surface area contributed by atoms with Gasteiger partial charge in [-0.1, -0.05) is 53.5 Å². The van der Waals surface area contributed by atoms with Gasteiger partial charge in [-0.3, -0.25) is 15.1 Å². The van der Waals surface area contributed by atoms with E-state index in [0.29, 0.717) is 28.1 Å². The number of carbonyl (C=O) groups is 1. The number of nitrogens with one attached hydrogen (secondary N) is 3. The lowest BCUT2D eigenvalue weighted by Gasteiger charge is -2.14. The minimum atomic E-state index is -0.300. The number of aromatic nitrogens is 1. The molecule has 0 aliphatic carbocycles. The van der Waals surface area contributed by atoms with E-state index in [1.54, 1.807) is 30.3 Å². The minimum Gasteiger partial charge on any atom is -0.361 e. The molecule has 32 heavy (non-hydrogen) atoms. The number of carbonyl (C=O) groups excluding carboxylic acids is 1. The molecule has 0 saturated carbocycles. The van der Waals surface area contributed by atoms with Gasteiger partial charge in [-0.2, -0.15) is 0 Å². The van der Waals surface area contributed by atoms with Crippen molar-refractivity contribution in [3.05, 3.63) is 99.7 Å². The summed E-state index contributed by atoms with van der Waals surface area (Å²) < 4.78 is 0. The molecule has 0 aliphatic heterocycles. The highest BCUT2D eigenvalue weighted by Crippen LogP contribution is 2.21. The number of H-pyrrole nitrogens is 1. The lowest BCUT2D eigenvalue weighted by Crippen LogP contribution is -2.36. The van der Waals surface area contributed by atoms with E-state index >= 15 is 0 Å². The number of aryl methyl sites for hydroxylation is 1. The number of nitrogens with zero attached hydrogens (tertiary/aromatic N) is 1. The lowest BCUT2D eigenvalue weighted by atomic mass is 10.1. The first-order valence-electron chi connectivity index (χ1n) is 10.2. The second-order valence-corrected chi connectivity index (χ2v) is 8.26. The van der Waals surface area contributed by atoms with Crippen molar-refractivity contribution in [1.29, 1.82) is 0 Å². The Labute approximate surface area is 196 Å². The van der Waals surface area contributed by atoms with Crippen molar-refractivity contribution in [3.8, 4) is 0 Å². The van der Waals surface area contributed by atoms with Crippen LogP contribution in [0.1, 0.15) is 21.5 Å². The van der Waals surface area contributed by atoms with Crippen molar-refractivity contribution < 1.29 is 4.79 Å². The fraction of sp³-hybridized carbons (Fsp3) is 0.120. The third-order valence-corrected chi connectivity index (χ3v) is 5.57. The highest BCUT2D eigenvalue weighted by atomic mass is 35.5. The van der Waals surface area contributed by atoms with Crippen LogP contribution in [0.5, 0.6) is 0 Å². The number of hydrogen-bond acceptors (Lipinski definition) is 2. The molecule has 0 saturated heterocycles. The molecule has 4 rings (SSSR count). The van der Waals surface area contributed by atoms with Gasteiger partial charge in [0.25, 0.3) is 5.91 Å². The van der Waals surface area contributed by atoms with E-state index in [0.717, 1.165) is 23.2 Å². The number of anilines is 1. The first-order valence-corrected chi connectivity index (χ1v) is 10.9. The minimum absolute atomic E-state index is 0.300. The quantitative estimate of drug-likeness (QED) is 0.242. The second kappa shape index (κ2) is 9.90. The van der Waals surface area contributed by atoms with E-state index in [9.17, 15) is 4.79 Å². The molecule has 3 aromatic carbocycles. The van der Waals surface area contributed by atoms with Crippen molar-refractivity contribution >= 4 is 51.7 Å². The number of aromatic amines is 1. The number of amides is 1. The largest absolute Gasteiger partial charge is 0.361 e. The summed E-state index contributed by atoms with van der Waals surface area (Å²) in [5.74, 6) is 0.0470. The number of benzene rings is 3. The maximum Gasteiger partial charge on any atom is 0.258 e. The fourth-order valence-corrected chi connectivity index (χ4v) is 3.77. The van der Waals surface area contributed by atoms with Crippen molar-refractivity contribution in [2.24, 2.45) is 4.99 Å². The smallest absolute Gasteiger partial charge is 0.258 e. The number of fused-ring (bicyclic) bond motifs is 1. The van der Waals surface area contributed by atoms with Crippen molar-refractivity contribution in [3.63, 3.8) is 0 Å². The molecule has 0 fully saturated rings. The zero-order valence-electron chi connectivity index (χ0n) is 17.5. The maximum absolute atomic E-state index is 12.8. The summed E-state index contributed by atoms with van der Waals surface area (Å²) in [7, 11) is 0. The first kappa shape index (κ1) is 21.9. The van der Waals surface area contributed by atoms with E-state index in [2.05, 4.69) is 26.7 Å². The number of aliphatic imine (C=N–C) groups is 1. The van der Waals surface area contributed by atoms with Gasteiger partial charge in [0.15, 0.2) is 0 Å². The van der Waals surface area contributed by atoms with E-state index in [1.807, 2.05) is 43.5 Å². The van der Waals surface area contributed by atoms with Crippen LogP contribution in [0.2, 0.25) is 10.0 Å². The molecule has 5 nitrogen and oxygen atoms in total. The Bertz CT molecular complexity index is 1300. The average molecular weight is 465 g/mol. The van der Waals surface area contributed by atoms with Crippen molar-refractivity contribution in [1.82, 2.24) is 10.3 Å². The van der Waals surface area contributed by atoms with E-state index in [4.69, 9.17) is 23.2 Å². The van der Waals surface area contributed by atoms with E-state index in [-0.39, 0.29) is 5.91 Å². The summed E-state index contributed by atoms with van der Waals surface area (Å²) in [5, 5.41) is 8.34. The number of guanidine groups is 1. The highest BCUT2D eigenvalue weighted by Gasteiger charge is 2.11. The Balaban J connectivity index is 1.55. The summed E-state index contributed by atoms with van der Waals surface area (Å²) in [6.45, 7) is 2.45. The molecule has 1 heterocycles. The van der Waals surface area contributed by atoms with Crippen LogP contribution in [0, 0.1) is 6.92 Å².